The predicted octanol–water partition coefficient (Wildman–Crippen LogP) is 6.94. The molecule has 4 aromatic rings. The van der Waals surface area contributed by atoms with E-state index in [4.69, 9.17) is 21.1 Å². The number of alkyl halides is 3. The third kappa shape index (κ3) is 4.80. The highest BCUT2D eigenvalue weighted by atomic mass is 35.5. The van der Waals surface area contributed by atoms with Gasteiger partial charge in [-0.25, -0.2) is 9.07 Å². The summed E-state index contributed by atoms with van der Waals surface area (Å²) in [6.45, 7) is -0.198. The molecule has 1 aromatic heterocycles. The van der Waals surface area contributed by atoms with Crippen molar-refractivity contribution in [2.75, 3.05) is 7.11 Å². The Balaban J connectivity index is 1.60. The first-order valence-corrected chi connectivity index (χ1v) is 10.1. The predicted molar refractivity (Wildman–Crippen MR) is 116 cm³/mol. The molecular formula is C24H17ClF4N2O2. The number of methoxy groups -OCH3 is 1. The fraction of sp³-hybridized carbons (Fsp3) is 0.125. The summed E-state index contributed by atoms with van der Waals surface area (Å²) in [5, 5.41) is 3.93. The summed E-state index contributed by atoms with van der Waals surface area (Å²) < 4.78 is 66.2. The number of aromatic nitrogens is 2. The van der Waals surface area contributed by atoms with Crippen molar-refractivity contribution in [3.8, 4) is 28.3 Å². The molecule has 4 rings (SSSR count). The first kappa shape index (κ1) is 22.7. The van der Waals surface area contributed by atoms with Gasteiger partial charge in [0.15, 0.2) is 5.69 Å². The molecule has 170 valence electrons. The van der Waals surface area contributed by atoms with E-state index in [9.17, 15) is 17.6 Å². The molecule has 0 atom stereocenters. The summed E-state index contributed by atoms with van der Waals surface area (Å²) in [7, 11) is 1.45. The van der Waals surface area contributed by atoms with Crippen molar-refractivity contribution in [3.63, 3.8) is 0 Å². The molecule has 1 heterocycles. The molecule has 0 bridgehead atoms. The van der Waals surface area contributed by atoms with E-state index in [0.29, 0.717) is 28.3 Å². The van der Waals surface area contributed by atoms with E-state index in [1.165, 1.54) is 13.2 Å². The molecule has 0 saturated heterocycles. The van der Waals surface area contributed by atoms with Crippen molar-refractivity contribution in [2.24, 2.45) is 0 Å². The molecular weight excluding hydrogens is 460 g/mol. The summed E-state index contributed by atoms with van der Waals surface area (Å²) in [4.78, 5) is 0. The van der Waals surface area contributed by atoms with Gasteiger partial charge in [-0.3, -0.25) is 0 Å². The molecule has 0 radical (unpaired) electrons. The molecule has 0 spiro atoms. The Morgan fingerprint density at radius 3 is 2.36 bits per heavy atom. The number of halogens is 5. The molecule has 0 amide bonds. The topological polar surface area (TPSA) is 36.3 Å². The van der Waals surface area contributed by atoms with Gasteiger partial charge in [0.2, 0.25) is 0 Å². The lowest BCUT2D eigenvalue weighted by Crippen LogP contribution is -2.08. The average Bonchev–Trinajstić information content (AvgIpc) is 3.23. The molecule has 0 fully saturated rings. The van der Waals surface area contributed by atoms with Crippen LogP contribution in [-0.2, 0) is 12.8 Å². The van der Waals surface area contributed by atoms with Gasteiger partial charge in [0, 0.05) is 0 Å². The van der Waals surface area contributed by atoms with Gasteiger partial charge in [-0.1, -0.05) is 41.9 Å². The number of benzene rings is 3. The molecule has 0 N–H and O–H groups in total. The van der Waals surface area contributed by atoms with Gasteiger partial charge in [-0.15, -0.1) is 0 Å². The molecule has 0 unspecified atom stereocenters. The fourth-order valence-corrected chi connectivity index (χ4v) is 3.54. The minimum atomic E-state index is -4.62. The molecule has 3 aromatic carbocycles. The molecule has 0 aliphatic rings. The molecule has 0 saturated carbocycles. The number of rotatable bonds is 6. The lowest BCUT2D eigenvalue weighted by molar-refractivity contribution is -0.141. The zero-order valence-electron chi connectivity index (χ0n) is 17.2. The zero-order chi connectivity index (χ0) is 23.6. The van der Waals surface area contributed by atoms with Gasteiger partial charge in [-0.05, 0) is 48.0 Å². The molecule has 0 aliphatic carbocycles. The van der Waals surface area contributed by atoms with Crippen LogP contribution in [0.2, 0.25) is 5.02 Å². The normalized spacial score (nSPS) is 11.5. The van der Waals surface area contributed by atoms with E-state index < -0.39 is 17.7 Å². The standard InChI is InChI=1S/C24H17ClF4N2O2/c1-32-21-8-4-6-19(26)23(21)15-9-11-17(12-10-15)33-14-16-13-22(24(27,28)29)30-31(16)20-7-3-2-5-18(20)25/h2-13H,14H2,1H3. The highest BCUT2D eigenvalue weighted by Crippen LogP contribution is 2.34. The van der Waals surface area contributed by atoms with E-state index in [0.717, 1.165) is 10.7 Å². The number of hydrogen-bond acceptors (Lipinski definition) is 3. The Morgan fingerprint density at radius 2 is 1.70 bits per heavy atom. The van der Waals surface area contributed by atoms with Crippen LogP contribution in [0.15, 0.2) is 72.8 Å². The van der Waals surface area contributed by atoms with Crippen LogP contribution in [0.4, 0.5) is 17.6 Å². The Labute approximate surface area is 191 Å². The van der Waals surface area contributed by atoms with E-state index in [1.807, 2.05) is 0 Å². The number of hydrogen-bond donors (Lipinski definition) is 0. The number of nitrogens with zero attached hydrogens (tertiary/aromatic N) is 2. The molecule has 9 heteroatoms. The quantitative estimate of drug-likeness (QED) is 0.283. The summed E-state index contributed by atoms with van der Waals surface area (Å²) in [5.41, 5.74) is 0.282. The van der Waals surface area contributed by atoms with E-state index >= 15 is 0 Å². The van der Waals surface area contributed by atoms with Crippen LogP contribution < -0.4 is 9.47 Å². The van der Waals surface area contributed by atoms with Crippen LogP contribution in [0.1, 0.15) is 11.4 Å². The summed E-state index contributed by atoms with van der Waals surface area (Å²) in [6, 6.07) is 18.4. The molecule has 33 heavy (non-hydrogen) atoms. The second-order valence-electron chi connectivity index (χ2n) is 7.01. The first-order chi connectivity index (χ1) is 15.8. The van der Waals surface area contributed by atoms with Crippen molar-refractivity contribution < 1.29 is 27.0 Å². The van der Waals surface area contributed by atoms with Crippen LogP contribution >= 0.6 is 11.6 Å². The van der Waals surface area contributed by atoms with Gasteiger partial charge >= 0.3 is 6.18 Å². The highest BCUT2D eigenvalue weighted by molar-refractivity contribution is 6.32. The van der Waals surface area contributed by atoms with Crippen LogP contribution in [-0.4, -0.2) is 16.9 Å². The van der Waals surface area contributed by atoms with E-state index in [2.05, 4.69) is 5.10 Å². The first-order valence-electron chi connectivity index (χ1n) is 9.74. The SMILES string of the molecule is COc1cccc(F)c1-c1ccc(OCc2cc(C(F)(F)F)nn2-c2ccccc2Cl)cc1. The number of para-hydroxylation sites is 1. The lowest BCUT2D eigenvalue weighted by atomic mass is 10.0. The second-order valence-corrected chi connectivity index (χ2v) is 7.42. The Kier molecular flexibility index (Phi) is 6.29. The summed E-state index contributed by atoms with van der Waals surface area (Å²) in [6.07, 6.45) is -4.62. The van der Waals surface area contributed by atoms with Crippen LogP contribution in [0, 0.1) is 5.82 Å². The van der Waals surface area contributed by atoms with Gasteiger partial charge in [0.1, 0.15) is 23.9 Å². The van der Waals surface area contributed by atoms with Crippen molar-refractivity contribution in [3.05, 3.63) is 95.0 Å². The summed E-state index contributed by atoms with van der Waals surface area (Å²) in [5.74, 6) is 0.327. The minimum absolute atomic E-state index is 0.162. The Bertz CT molecular complexity index is 1270. The van der Waals surface area contributed by atoms with Crippen molar-refractivity contribution >= 4 is 11.6 Å². The maximum Gasteiger partial charge on any atom is 0.435 e. The van der Waals surface area contributed by atoms with E-state index in [1.54, 1.807) is 60.7 Å². The van der Waals surface area contributed by atoms with Crippen molar-refractivity contribution in [2.45, 2.75) is 12.8 Å². The van der Waals surface area contributed by atoms with Crippen LogP contribution in [0.25, 0.3) is 16.8 Å². The second kappa shape index (κ2) is 9.15. The molecule has 0 aliphatic heterocycles. The molecule has 4 nitrogen and oxygen atoms in total. The third-order valence-electron chi connectivity index (χ3n) is 4.88. The van der Waals surface area contributed by atoms with Gasteiger partial charge < -0.3 is 9.47 Å². The highest BCUT2D eigenvalue weighted by Gasteiger charge is 2.35. The average molecular weight is 477 g/mol. The third-order valence-corrected chi connectivity index (χ3v) is 5.20. The van der Waals surface area contributed by atoms with Crippen molar-refractivity contribution in [1.29, 1.82) is 0 Å². The van der Waals surface area contributed by atoms with Crippen molar-refractivity contribution in [1.82, 2.24) is 9.78 Å². The van der Waals surface area contributed by atoms with Gasteiger partial charge in [-0.2, -0.15) is 18.3 Å². The van der Waals surface area contributed by atoms with E-state index in [-0.39, 0.29) is 17.3 Å². The smallest absolute Gasteiger partial charge is 0.435 e. The summed E-state index contributed by atoms with van der Waals surface area (Å²) >= 11 is 6.16. The maximum absolute atomic E-state index is 14.3. The fourth-order valence-electron chi connectivity index (χ4n) is 3.32. The minimum Gasteiger partial charge on any atom is -0.496 e. The Morgan fingerprint density at radius 1 is 0.970 bits per heavy atom. The Hall–Kier alpha value is -3.52. The largest absolute Gasteiger partial charge is 0.496 e. The zero-order valence-corrected chi connectivity index (χ0v) is 18.0. The van der Waals surface area contributed by atoms with Gasteiger partial charge in [0.05, 0.1) is 29.1 Å². The lowest BCUT2D eigenvalue weighted by Gasteiger charge is -2.12. The van der Waals surface area contributed by atoms with Gasteiger partial charge in [0.25, 0.3) is 0 Å². The monoisotopic (exact) mass is 476 g/mol. The maximum atomic E-state index is 14.3. The van der Waals surface area contributed by atoms with Crippen LogP contribution in [0.3, 0.4) is 0 Å². The number of ether oxygens (including phenoxy) is 2. The van der Waals surface area contributed by atoms with Crippen LogP contribution in [0.5, 0.6) is 11.5 Å².